The summed E-state index contributed by atoms with van der Waals surface area (Å²) in [5, 5.41) is 3.87. The topological polar surface area (TPSA) is 26.0 Å². The molecule has 0 fully saturated rings. The molecule has 0 bridgehead atoms. The van der Waals surface area contributed by atoms with E-state index >= 15 is 0 Å². The number of hydrogen-bond acceptors (Lipinski definition) is 2. The molecule has 0 aliphatic heterocycles. The molecule has 0 amide bonds. The van der Waals surface area contributed by atoms with Crippen LogP contribution in [0.4, 0.5) is 13.2 Å². The average Bonchev–Trinajstić information content (AvgIpc) is 2.80. The van der Waals surface area contributed by atoms with Gasteiger partial charge in [-0.05, 0) is 46.5 Å². The van der Waals surface area contributed by atoms with Gasteiger partial charge in [0.2, 0.25) is 0 Å². The zero-order valence-electron chi connectivity index (χ0n) is 9.75. The number of thiophene rings is 1. The van der Waals surface area contributed by atoms with E-state index in [1.54, 1.807) is 17.4 Å². The smallest absolute Gasteiger partial charge is 0.324 e. The van der Waals surface area contributed by atoms with Crippen molar-refractivity contribution in [3.63, 3.8) is 0 Å². The summed E-state index contributed by atoms with van der Waals surface area (Å²) in [5.74, 6) is 0. The molecule has 0 aliphatic rings. The summed E-state index contributed by atoms with van der Waals surface area (Å²) in [4.78, 5) is 0. The van der Waals surface area contributed by atoms with Crippen LogP contribution in [0.1, 0.15) is 22.7 Å². The first-order valence-electron chi connectivity index (χ1n) is 5.51. The summed E-state index contributed by atoms with van der Waals surface area (Å²) in [6, 6.07) is 5.61. The molecule has 1 aromatic heterocycles. The molecular formula is C13H11BrF3NS. The van der Waals surface area contributed by atoms with Gasteiger partial charge in [0.15, 0.2) is 0 Å². The van der Waals surface area contributed by atoms with Crippen molar-refractivity contribution in [2.45, 2.75) is 18.6 Å². The van der Waals surface area contributed by atoms with Gasteiger partial charge in [0.1, 0.15) is 0 Å². The van der Waals surface area contributed by atoms with Gasteiger partial charge in [-0.3, -0.25) is 0 Å². The predicted molar refractivity (Wildman–Crippen MR) is 74.1 cm³/mol. The molecule has 2 N–H and O–H groups in total. The molecule has 1 atom stereocenters. The second kappa shape index (κ2) is 5.64. The van der Waals surface area contributed by atoms with Gasteiger partial charge in [-0.15, -0.1) is 0 Å². The zero-order chi connectivity index (χ0) is 14.0. The molecule has 2 aromatic rings. The minimum atomic E-state index is -4.38. The highest BCUT2D eigenvalue weighted by Crippen LogP contribution is 2.36. The highest BCUT2D eigenvalue weighted by molar-refractivity contribution is 9.10. The van der Waals surface area contributed by atoms with Crippen molar-refractivity contribution < 1.29 is 13.2 Å². The van der Waals surface area contributed by atoms with Gasteiger partial charge in [-0.1, -0.05) is 22.0 Å². The summed E-state index contributed by atoms with van der Waals surface area (Å²) < 4.78 is 38.4. The van der Waals surface area contributed by atoms with Crippen LogP contribution in [0, 0.1) is 0 Å². The molecule has 0 radical (unpaired) electrons. The maximum Gasteiger partial charge on any atom is 0.417 e. The molecule has 2 rings (SSSR count). The Kier molecular flexibility index (Phi) is 4.32. The molecule has 1 unspecified atom stereocenters. The minimum absolute atomic E-state index is 0.0338. The lowest BCUT2D eigenvalue weighted by molar-refractivity contribution is -0.138. The van der Waals surface area contributed by atoms with Gasteiger partial charge < -0.3 is 5.73 Å². The monoisotopic (exact) mass is 349 g/mol. The summed E-state index contributed by atoms with van der Waals surface area (Å²) in [7, 11) is 0. The van der Waals surface area contributed by atoms with E-state index in [0.29, 0.717) is 12.0 Å². The molecule has 6 heteroatoms. The van der Waals surface area contributed by atoms with Gasteiger partial charge in [0.25, 0.3) is 0 Å². The van der Waals surface area contributed by atoms with Crippen molar-refractivity contribution in [2.24, 2.45) is 5.73 Å². The fourth-order valence-electron chi connectivity index (χ4n) is 1.77. The Balaban J connectivity index is 2.25. The van der Waals surface area contributed by atoms with Crippen molar-refractivity contribution in [1.29, 1.82) is 0 Å². The van der Waals surface area contributed by atoms with Crippen molar-refractivity contribution in [1.82, 2.24) is 0 Å². The lowest BCUT2D eigenvalue weighted by Gasteiger charge is -2.15. The van der Waals surface area contributed by atoms with Gasteiger partial charge in [-0.25, -0.2) is 0 Å². The summed E-state index contributed by atoms with van der Waals surface area (Å²) in [5.41, 5.74) is 6.81. The van der Waals surface area contributed by atoms with Crippen molar-refractivity contribution in [3.05, 3.63) is 56.2 Å². The Hall–Kier alpha value is -0.850. The molecule has 1 nitrogen and oxygen atoms in total. The van der Waals surface area contributed by atoms with E-state index in [0.717, 1.165) is 11.6 Å². The lowest BCUT2D eigenvalue weighted by Crippen LogP contribution is -2.15. The van der Waals surface area contributed by atoms with Crippen LogP contribution in [0.25, 0.3) is 0 Å². The van der Waals surface area contributed by atoms with Crippen LogP contribution in [0.15, 0.2) is 39.5 Å². The first-order valence-corrected chi connectivity index (χ1v) is 7.25. The van der Waals surface area contributed by atoms with E-state index in [4.69, 9.17) is 5.73 Å². The summed E-state index contributed by atoms with van der Waals surface area (Å²) >= 11 is 4.46. The Labute approximate surface area is 121 Å². The molecule has 1 aromatic carbocycles. The fourth-order valence-corrected chi connectivity index (χ4v) is 2.92. The third kappa shape index (κ3) is 3.58. The van der Waals surface area contributed by atoms with E-state index in [-0.39, 0.29) is 4.47 Å². The molecule has 0 spiro atoms. The predicted octanol–water partition coefficient (Wildman–Crippen LogP) is 4.77. The number of alkyl halides is 3. The largest absolute Gasteiger partial charge is 0.417 e. The minimum Gasteiger partial charge on any atom is -0.324 e. The molecular weight excluding hydrogens is 339 g/mol. The third-order valence-corrected chi connectivity index (χ3v) is 4.18. The van der Waals surface area contributed by atoms with Gasteiger partial charge in [0.05, 0.1) is 5.56 Å². The Bertz CT molecular complexity index is 552. The summed E-state index contributed by atoms with van der Waals surface area (Å²) in [6.07, 6.45) is -3.85. The molecule has 0 saturated carbocycles. The van der Waals surface area contributed by atoms with Crippen LogP contribution >= 0.6 is 27.3 Å². The summed E-state index contributed by atoms with van der Waals surface area (Å²) in [6.45, 7) is 0. The Morgan fingerprint density at radius 2 is 2.00 bits per heavy atom. The third-order valence-electron chi connectivity index (χ3n) is 2.76. The van der Waals surface area contributed by atoms with E-state index in [1.807, 2.05) is 16.8 Å². The first-order chi connectivity index (χ1) is 8.88. The number of benzene rings is 1. The highest BCUT2D eigenvalue weighted by Gasteiger charge is 2.33. The second-order valence-corrected chi connectivity index (χ2v) is 5.81. The number of rotatable bonds is 3. The van der Waals surface area contributed by atoms with E-state index < -0.39 is 17.8 Å². The van der Waals surface area contributed by atoms with E-state index in [1.165, 1.54) is 6.07 Å². The van der Waals surface area contributed by atoms with Crippen LogP contribution < -0.4 is 5.73 Å². The molecule has 1 heterocycles. The highest BCUT2D eigenvalue weighted by atomic mass is 79.9. The van der Waals surface area contributed by atoms with Crippen molar-refractivity contribution >= 4 is 27.3 Å². The zero-order valence-corrected chi connectivity index (χ0v) is 12.1. The average molecular weight is 350 g/mol. The van der Waals surface area contributed by atoms with Crippen molar-refractivity contribution in [2.75, 3.05) is 0 Å². The molecule has 102 valence electrons. The molecule has 0 saturated heterocycles. The first kappa shape index (κ1) is 14.6. The van der Waals surface area contributed by atoms with Crippen LogP contribution in [-0.2, 0) is 12.6 Å². The number of halogens is 4. The normalized spacial score (nSPS) is 13.5. The van der Waals surface area contributed by atoms with Gasteiger partial charge in [0, 0.05) is 10.5 Å². The van der Waals surface area contributed by atoms with E-state index in [9.17, 15) is 13.2 Å². The standard InChI is InChI=1S/C13H11BrF3NS/c14-11-2-1-9(6-10(11)13(15,16)17)12(18)5-8-3-4-19-7-8/h1-4,6-7,12H,5,18H2. The van der Waals surface area contributed by atoms with Gasteiger partial charge >= 0.3 is 6.18 Å². The molecule has 19 heavy (non-hydrogen) atoms. The van der Waals surface area contributed by atoms with Crippen LogP contribution in [0.2, 0.25) is 0 Å². The Morgan fingerprint density at radius 3 is 2.58 bits per heavy atom. The maximum atomic E-state index is 12.8. The molecule has 0 aliphatic carbocycles. The van der Waals surface area contributed by atoms with E-state index in [2.05, 4.69) is 15.9 Å². The van der Waals surface area contributed by atoms with Crippen LogP contribution in [0.5, 0.6) is 0 Å². The number of nitrogens with two attached hydrogens (primary N) is 1. The SMILES string of the molecule is NC(Cc1ccsc1)c1ccc(Br)c(C(F)(F)F)c1. The van der Waals surface area contributed by atoms with Crippen LogP contribution in [0.3, 0.4) is 0 Å². The Morgan fingerprint density at radius 1 is 1.26 bits per heavy atom. The van der Waals surface area contributed by atoms with Crippen LogP contribution in [-0.4, -0.2) is 0 Å². The van der Waals surface area contributed by atoms with Gasteiger partial charge in [-0.2, -0.15) is 24.5 Å². The fraction of sp³-hybridized carbons (Fsp3) is 0.231. The maximum absolute atomic E-state index is 12.8. The van der Waals surface area contributed by atoms with Crippen molar-refractivity contribution in [3.8, 4) is 0 Å². The quantitative estimate of drug-likeness (QED) is 0.848. The second-order valence-electron chi connectivity index (χ2n) is 4.18. The lowest BCUT2D eigenvalue weighted by atomic mass is 9.99. The number of hydrogen-bond donors (Lipinski definition) is 1.